The van der Waals surface area contributed by atoms with Gasteiger partial charge in [0.15, 0.2) is 0 Å². The van der Waals surface area contributed by atoms with Crippen LogP contribution in [0.2, 0.25) is 0 Å². The zero-order valence-electron chi connectivity index (χ0n) is 15.3. The molecule has 0 unspecified atom stereocenters. The number of halogens is 3. The number of thiocarbonyl (C=S) groups is 1. The SMILES string of the molecule is Cc1cc(C=C2SC(=S)N(CC(=O)O)C2=O)c(C)n1-c1cccc(C(F)(F)F)c1. The third-order valence-corrected chi connectivity index (χ3v) is 5.73. The van der Waals surface area contributed by atoms with E-state index in [-0.39, 0.29) is 9.23 Å². The second-order valence-electron chi connectivity index (χ2n) is 6.37. The van der Waals surface area contributed by atoms with Crippen molar-refractivity contribution >= 4 is 46.3 Å². The van der Waals surface area contributed by atoms with Gasteiger partial charge in [0, 0.05) is 17.1 Å². The second-order valence-corrected chi connectivity index (χ2v) is 8.05. The Labute approximate surface area is 173 Å². The van der Waals surface area contributed by atoms with Crippen molar-refractivity contribution in [3.05, 3.63) is 57.8 Å². The summed E-state index contributed by atoms with van der Waals surface area (Å²) in [6.45, 7) is 2.96. The van der Waals surface area contributed by atoms with Crippen LogP contribution in [0.5, 0.6) is 0 Å². The molecule has 0 spiro atoms. The predicted octanol–water partition coefficient (Wildman–Crippen LogP) is 4.40. The highest BCUT2D eigenvalue weighted by atomic mass is 32.2. The molecule has 2 aromatic rings. The molecular formula is C19H15F3N2O3S2. The molecule has 1 aromatic heterocycles. The first-order valence-electron chi connectivity index (χ1n) is 8.33. The molecule has 0 aliphatic carbocycles. The Balaban J connectivity index is 1.99. The van der Waals surface area contributed by atoms with Crippen LogP contribution in [0.3, 0.4) is 0 Å². The maximum Gasteiger partial charge on any atom is 0.416 e. The van der Waals surface area contributed by atoms with Crippen molar-refractivity contribution in [2.75, 3.05) is 6.54 Å². The lowest BCUT2D eigenvalue weighted by Gasteiger charge is -2.13. The van der Waals surface area contributed by atoms with E-state index in [2.05, 4.69) is 0 Å². The van der Waals surface area contributed by atoms with Crippen LogP contribution in [-0.4, -0.2) is 37.3 Å². The summed E-state index contributed by atoms with van der Waals surface area (Å²) < 4.78 is 41.0. The minimum absolute atomic E-state index is 0.148. The largest absolute Gasteiger partial charge is 0.480 e. The van der Waals surface area contributed by atoms with Gasteiger partial charge >= 0.3 is 12.1 Å². The number of aromatic nitrogens is 1. The van der Waals surface area contributed by atoms with Gasteiger partial charge in [0.2, 0.25) is 0 Å². The Morgan fingerprint density at radius 2 is 1.97 bits per heavy atom. The minimum Gasteiger partial charge on any atom is -0.480 e. The molecule has 0 atom stereocenters. The molecule has 29 heavy (non-hydrogen) atoms. The number of hydrogen-bond acceptors (Lipinski definition) is 4. The molecular weight excluding hydrogens is 425 g/mol. The molecule has 0 saturated carbocycles. The van der Waals surface area contributed by atoms with Gasteiger partial charge in [-0.15, -0.1) is 0 Å². The Hall–Kier alpha value is -2.59. The fourth-order valence-corrected chi connectivity index (χ4v) is 4.31. The highest BCUT2D eigenvalue weighted by molar-refractivity contribution is 8.26. The zero-order valence-corrected chi connectivity index (χ0v) is 16.9. The lowest BCUT2D eigenvalue weighted by Crippen LogP contribution is -2.33. The fraction of sp³-hybridized carbons (Fsp3) is 0.211. The number of thioether (sulfide) groups is 1. The number of benzene rings is 1. The molecule has 1 aliphatic rings. The summed E-state index contributed by atoms with van der Waals surface area (Å²) in [7, 11) is 0. The van der Waals surface area contributed by atoms with E-state index in [0.717, 1.165) is 28.8 Å². The number of aryl methyl sites for hydroxylation is 1. The van der Waals surface area contributed by atoms with E-state index in [1.54, 1.807) is 36.6 Å². The van der Waals surface area contributed by atoms with Crippen LogP contribution in [0, 0.1) is 13.8 Å². The van der Waals surface area contributed by atoms with Gasteiger partial charge in [-0.3, -0.25) is 14.5 Å². The van der Waals surface area contributed by atoms with Crippen LogP contribution in [0.15, 0.2) is 35.2 Å². The lowest BCUT2D eigenvalue weighted by atomic mass is 10.2. The molecule has 1 fully saturated rings. The summed E-state index contributed by atoms with van der Waals surface area (Å²) >= 11 is 6.06. The molecule has 1 saturated heterocycles. The first-order chi connectivity index (χ1) is 13.5. The van der Waals surface area contributed by atoms with Gasteiger partial charge in [-0.25, -0.2) is 0 Å². The molecule has 2 heterocycles. The van der Waals surface area contributed by atoms with Crippen molar-refractivity contribution in [2.24, 2.45) is 0 Å². The average Bonchev–Trinajstić information content (AvgIpc) is 3.04. The number of carbonyl (C=O) groups is 2. The van der Waals surface area contributed by atoms with Gasteiger partial charge in [-0.2, -0.15) is 13.2 Å². The van der Waals surface area contributed by atoms with Gasteiger partial charge in [0.05, 0.1) is 10.5 Å². The van der Waals surface area contributed by atoms with Gasteiger partial charge < -0.3 is 9.67 Å². The summed E-state index contributed by atoms with van der Waals surface area (Å²) in [4.78, 5) is 24.6. The molecule has 1 aliphatic heterocycles. The molecule has 0 bridgehead atoms. The quantitative estimate of drug-likeness (QED) is 0.564. The molecule has 3 rings (SSSR count). The first kappa shape index (κ1) is 21.1. The highest BCUT2D eigenvalue weighted by Gasteiger charge is 2.34. The fourth-order valence-electron chi connectivity index (χ4n) is 3.07. The minimum atomic E-state index is -4.45. The maximum absolute atomic E-state index is 13.0. The smallest absolute Gasteiger partial charge is 0.416 e. The zero-order chi connectivity index (χ0) is 21.5. The van der Waals surface area contributed by atoms with Crippen LogP contribution in [0.25, 0.3) is 11.8 Å². The van der Waals surface area contributed by atoms with E-state index in [1.807, 2.05) is 0 Å². The molecule has 10 heteroatoms. The topological polar surface area (TPSA) is 62.5 Å². The molecule has 1 amide bonds. The average molecular weight is 440 g/mol. The van der Waals surface area contributed by atoms with E-state index < -0.39 is 30.2 Å². The number of amides is 1. The number of carboxylic acids is 1. The van der Waals surface area contributed by atoms with Crippen LogP contribution in [0.4, 0.5) is 13.2 Å². The number of carbonyl (C=O) groups excluding carboxylic acids is 1. The summed E-state index contributed by atoms with van der Waals surface area (Å²) in [5.74, 6) is -1.68. The predicted molar refractivity (Wildman–Crippen MR) is 108 cm³/mol. The molecule has 0 radical (unpaired) electrons. The lowest BCUT2D eigenvalue weighted by molar-refractivity contribution is -0.140. The molecule has 152 valence electrons. The molecule has 1 N–H and O–H groups in total. The van der Waals surface area contributed by atoms with E-state index in [0.29, 0.717) is 22.6 Å². The number of nitrogens with zero attached hydrogens (tertiary/aromatic N) is 2. The third-order valence-electron chi connectivity index (χ3n) is 4.36. The van der Waals surface area contributed by atoms with Crippen molar-refractivity contribution in [3.63, 3.8) is 0 Å². The highest BCUT2D eigenvalue weighted by Crippen LogP contribution is 2.35. The summed E-state index contributed by atoms with van der Waals surface area (Å²) in [5.41, 5.74) is 1.57. The van der Waals surface area contributed by atoms with Crippen LogP contribution in [-0.2, 0) is 15.8 Å². The monoisotopic (exact) mass is 440 g/mol. The van der Waals surface area contributed by atoms with Crippen molar-refractivity contribution in [3.8, 4) is 5.69 Å². The number of alkyl halides is 3. The Kier molecular flexibility index (Phi) is 5.59. The van der Waals surface area contributed by atoms with Crippen molar-refractivity contribution in [1.82, 2.24) is 9.47 Å². The Bertz CT molecular complexity index is 1060. The maximum atomic E-state index is 13.0. The van der Waals surface area contributed by atoms with Crippen molar-refractivity contribution < 1.29 is 27.9 Å². The van der Waals surface area contributed by atoms with Crippen molar-refractivity contribution in [2.45, 2.75) is 20.0 Å². The van der Waals surface area contributed by atoms with Crippen LogP contribution >= 0.6 is 24.0 Å². The van der Waals surface area contributed by atoms with Crippen LogP contribution < -0.4 is 0 Å². The summed E-state index contributed by atoms with van der Waals surface area (Å²) in [6.07, 6.45) is -2.88. The van der Waals surface area contributed by atoms with Gasteiger partial charge in [-0.1, -0.05) is 30.0 Å². The van der Waals surface area contributed by atoms with E-state index in [1.165, 1.54) is 6.07 Å². The van der Waals surface area contributed by atoms with Gasteiger partial charge in [0.1, 0.15) is 10.9 Å². The van der Waals surface area contributed by atoms with E-state index in [4.69, 9.17) is 17.3 Å². The van der Waals surface area contributed by atoms with Crippen molar-refractivity contribution in [1.29, 1.82) is 0 Å². The first-order valence-corrected chi connectivity index (χ1v) is 9.55. The standard InChI is InChI=1S/C19H15F3N2O3S2/c1-10-6-12(7-15-17(27)23(9-16(25)26)18(28)29-15)11(2)24(10)14-5-3-4-13(8-14)19(20,21)22/h3-8H,9H2,1-2H3,(H,25,26). The molecule has 1 aromatic carbocycles. The molecule has 5 nitrogen and oxygen atoms in total. The summed E-state index contributed by atoms with van der Waals surface area (Å²) in [6, 6.07) is 6.74. The Morgan fingerprint density at radius 3 is 2.59 bits per heavy atom. The Morgan fingerprint density at radius 1 is 1.28 bits per heavy atom. The number of hydrogen-bond donors (Lipinski definition) is 1. The third kappa shape index (κ3) is 4.23. The van der Waals surface area contributed by atoms with E-state index in [9.17, 15) is 22.8 Å². The van der Waals surface area contributed by atoms with Gasteiger partial charge in [-0.05, 0) is 49.8 Å². The number of rotatable bonds is 4. The van der Waals surface area contributed by atoms with E-state index >= 15 is 0 Å². The van der Waals surface area contributed by atoms with Gasteiger partial charge in [0.25, 0.3) is 5.91 Å². The van der Waals surface area contributed by atoms with Crippen LogP contribution in [0.1, 0.15) is 22.5 Å². The number of aliphatic carboxylic acids is 1. The number of carboxylic acid groups (broad SMARTS) is 1. The second kappa shape index (κ2) is 7.68. The normalized spacial score (nSPS) is 16.2. The summed E-state index contributed by atoms with van der Waals surface area (Å²) in [5, 5.41) is 8.91.